The molecule has 0 N–H and O–H groups in total. The highest BCUT2D eigenvalue weighted by atomic mass is 15.6. The molecule has 0 aromatic carbocycles. The second kappa shape index (κ2) is 3.11. The summed E-state index contributed by atoms with van der Waals surface area (Å²) in [6.45, 7) is 0. The molecule has 0 aliphatic rings. The Hall–Kier alpha value is -2.80. The lowest BCUT2D eigenvalue weighted by atomic mass is 10.3. The predicted octanol–water partition coefficient (Wildman–Crippen LogP) is 1.01. The van der Waals surface area contributed by atoms with Gasteiger partial charge in [0.2, 0.25) is 5.65 Å². The normalized spacial score (nSPS) is 10.5. The van der Waals surface area contributed by atoms with E-state index in [9.17, 15) is 0 Å². The highest BCUT2D eigenvalue weighted by Gasteiger charge is 2.10. The molecule has 0 saturated carbocycles. The number of aromatic nitrogens is 6. The van der Waals surface area contributed by atoms with Crippen molar-refractivity contribution in [2.75, 3.05) is 0 Å². The number of azide groups is 1. The Bertz CT molecular complexity index is 723. The minimum Gasteiger partial charge on any atom is -0.254 e. The first-order valence-corrected chi connectivity index (χ1v) is 4.28. The lowest BCUT2D eigenvalue weighted by molar-refractivity contribution is 0.736. The van der Waals surface area contributed by atoms with Gasteiger partial charge < -0.3 is 0 Å². The van der Waals surface area contributed by atoms with Crippen LogP contribution in [0.2, 0.25) is 0 Å². The van der Waals surface area contributed by atoms with Gasteiger partial charge in [-0.2, -0.15) is 0 Å². The molecule has 3 aromatic heterocycles. The fourth-order valence-electron chi connectivity index (χ4n) is 1.42. The van der Waals surface area contributed by atoms with Gasteiger partial charge in [-0.05, 0) is 33.2 Å². The quantitative estimate of drug-likeness (QED) is 0.339. The number of fused-ring (bicyclic) bond motifs is 3. The highest BCUT2D eigenvalue weighted by Crippen LogP contribution is 2.23. The van der Waals surface area contributed by atoms with Gasteiger partial charge >= 0.3 is 0 Å². The molecule has 3 heterocycles. The van der Waals surface area contributed by atoms with Crippen molar-refractivity contribution in [3.8, 4) is 0 Å². The highest BCUT2D eigenvalue weighted by molar-refractivity contribution is 5.95. The Morgan fingerprint density at radius 3 is 3.25 bits per heavy atom. The molecule has 16 heavy (non-hydrogen) atoms. The predicted molar refractivity (Wildman–Crippen MR) is 52.7 cm³/mol. The molecule has 0 atom stereocenters. The number of pyridine rings is 1. The lowest BCUT2D eigenvalue weighted by Crippen LogP contribution is -1.96. The maximum Gasteiger partial charge on any atom is 0.209 e. The maximum atomic E-state index is 8.43. The lowest BCUT2D eigenvalue weighted by Gasteiger charge is -1.99. The molecule has 9 nitrogen and oxygen atoms in total. The average molecular weight is 213 g/mol. The van der Waals surface area contributed by atoms with E-state index in [0.717, 1.165) is 0 Å². The van der Waals surface area contributed by atoms with E-state index in [2.05, 4.69) is 35.6 Å². The fraction of sp³-hybridized carbons (Fsp3) is 0. The summed E-state index contributed by atoms with van der Waals surface area (Å²) in [6.07, 6.45) is 1.58. The van der Waals surface area contributed by atoms with Crippen molar-refractivity contribution in [1.29, 1.82) is 0 Å². The Balaban J connectivity index is 2.59. The summed E-state index contributed by atoms with van der Waals surface area (Å²) in [5, 5.41) is 19.0. The molecule has 3 rings (SSSR count). The Kier molecular flexibility index (Phi) is 1.65. The van der Waals surface area contributed by atoms with Crippen LogP contribution in [-0.4, -0.2) is 30.2 Å². The number of hydrogen-bond acceptors (Lipinski definition) is 6. The van der Waals surface area contributed by atoms with Gasteiger partial charge in [0.1, 0.15) is 5.52 Å². The first-order valence-electron chi connectivity index (χ1n) is 4.28. The van der Waals surface area contributed by atoms with E-state index in [0.29, 0.717) is 16.6 Å². The SMILES string of the molecule is [N-]=[N+]=Nc1nn2nnnc2c2cccnc12. The first-order chi connectivity index (χ1) is 7.90. The summed E-state index contributed by atoms with van der Waals surface area (Å²) < 4.78 is 1.20. The average Bonchev–Trinajstić information content (AvgIpc) is 2.78. The monoisotopic (exact) mass is 213 g/mol. The van der Waals surface area contributed by atoms with Gasteiger partial charge in [0.05, 0.1) is 5.39 Å². The van der Waals surface area contributed by atoms with E-state index in [1.807, 2.05) is 0 Å². The molecule has 0 amide bonds. The molecule has 9 heteroatoms. The van der Waals surface area contributed by atoms with Crippen LogP contribution in [-0.2, 0) is 0 Å². The zero-order valence-corrected chi connectivity index (χ0v) is 7.76. The fourth-order valence-corrected chi connectivity index (χ4v) is 1.42. The van der Waals surface area contributed by atoms with Crippen molar-refractivity contribution in [1.82, 2.24) is 30.2 Å². The third-order valence-electron chi connectivity index (χ3n) is 2.04. The third-order valence-corrected chi connectivity index (χ3v) is 2.04. The third kappa shape index (κ3) is 1.06. The van der Waals surface area contributed by atoms with E-state index in [4.69, 9.17) is 5.53 Å². The molecule has 0 bridgehead atoms. The standard InChI is InChI=1S/C7H3N9/c8-13-10-6-5-4(2-1-3-9-5)7-11-14-15-16(7)12-6/h1-3H. The van der Waals surface area contributed by atoms with Crippen molar-refractivity contribution in [3.05, 3.63) is 28.8 Å². The van der Waals surface area contributed by atoms with Crippen LogP contribution < -0.4 is 0 Å². The van der Waals surface area contributed by atoms with E-state index >= 15 is 0 Å². The van der Waals surface area contributed by atoms with E-state index < -0.39 is 0 Å². The largest absolute Gasteiger partial charge is 0.254 e. The first kappa shape index (κ1) is 8.50. The maximum absolute atomic E-state index is 8.43. The molecular formula is C7H3N9. The van der Waals surface area contributed by atoms with Crippen LogP contribution >= 0.6 is 0 Å². The van der Waals surface area contributed by atoms with Gasteiger partial charge in [-0.15, -0.1) is 14.8 Å². The van der Waals surface area contributed by atoms with Gasteiger partial charge in [0, 0.05) is 11.1 Å². The van der Waals surface area contributed by atoms with Gasteiger partial charge in [-0.3, -0.25) is 4.98 Å². The molecular weight excluding hydrogens is 210 g/mol. The van der Waals surface area contributed by atoms with Crippen LogP contribution in [0.5, 0.6) is 0 Å². The van der Waals surface area contributed by atoms with Crippen LogP contribution in [0.4, 0.5) is 5.82 Å². The summed E-state index contributed by atoms with van der Waals surface area (Å²) in [7, 11) is 0. The van der Waals surface area contributed by atoms with Crippen molar-refractivity contribution >= 4 is 22.4 Å². The molecule has 0 saturated heterocycles. The van der Waals surface area contributed by atoms with Crippen LogP contribution in [0.15, 0.2) is 23.4 Å². The van der Waals surface area contributed by atoms with E-state index in [-0.39, 0.29) is 5.82 Å². The molecule has 3 aromatic rings. The molecule has 76 valence electrons. The second-order valence-electron chi connectivity index (χ2n) is 2.90. The summed E-state index contributed by atoms with van der Waals surface area (Å²) >= 11 is 0. The molecule has 0 unspecified atom stereocenters. The van der Waals surface area contributed by atoms with E-state index in [1.165, 1.54) is 4.63 Å². The minimum atomic E-state index is 0.151. The molecule has 0 spiro atoms. The second-order valence-corrected chi connectivity index (χ2v) is 2.90. The van der Waals surface area contributed by atoms with Gasteiger partial charge in [0.25, 0.3) is 0 Å². The number of nitrogens with zero attached hydrogens (tertiary/aromatic N) is 9. The van der Waals surface area contributed by atoms with Crippen molar-refractivity contribution in [2.24, 2.45) is 5.11 Å². The molecule has 0 fully saturated rings. The summed E-state index contributed by atoms with van der Waals surface area (Å²) in [5.74, 6) is 0.151. The van der Waals surface area contributed by atoms with Crippen molar-refractivity contribution in [3.63, 3.8) is 0 Å². The van der Waals surface area contributed by atoms with Gasteiger partial charge in [-0.1, -0.05) is 0 Å². The summed E-state index contributed by atoms with van der Waals surface area (Å²) in [5.41, 5.74) is 9.38. The topological polar surface area (TPSA) is 118 Å². The molecule has 0 aliphatic carbocycles. The van der Waals surface area contributed by atoms with Crippen LogP contribution in [0.3, 0.4) is 0 Å². The smallest absolute Gasteiger partial charge is 0.209 e. The zero-order valence-electron chi connectivity index (χ0n) is 7.76. The Morgan fingerprint density at radius 1 is 1.44 bits per heavy atom. The molecule has 0 radical (unpaired) electrons. The number of tetrazole rings is 1. The van der Waals surface area contributed by atoms with Crippen LogP contribution in [0, 0.1) is 0 Å². The summed E-state index contributed by atoms with van der Waals surface area (Å²) in [6, 6.07) is 3.53. The summed E-state index contributed by atoms with van der Waals surface area (Å²) in [4.78, 5) is 6.78. The molecule has 0 aliphatic heterocycles. The number of hydrogen-bond donors (Lipinski definition) is 0. The Labute approximate surface area is 87.3 Å². The van der Waals surface area contributed by atoms with Crippen molar-refractivity contribution < 1.29 is 0 Å². The van der Waals surface area contributed by atoms with E-state index in [1.54, 1.807) is 18.3 Å². The van der Waals surface area contributed by atoms with Crippen LogP contribution in [0.1, 0.15) is 0 Å². The zero-order chi connectivity index (χ0) is 11.0. The van der Waals surface area contributed by atoms with Gasteiger partial charge in [0.15, 0.2) is 5.82 Å². The minimum absolute atomic E-state index is 0.151. The van der Waals surface area contributed by atoms with Gasteiger partial charge in [-0.25, -0.2) is 0 Å². The van der Waals surface area contributed by atoms with Crippen LogP contribution in [0.25, 0.3) is 27.0 Å². The Morgan fingerprint density at radius 2 is 2.38 bits per heavy atom. The van der Waals surface area contributed by atoms with Crippen molar-refractivity contribution in [2.45, 2.75) is 0 Å². The number of rotatable bonds is 1.